The standard InChI is InChI=1S/C13H18N2.C13H17N.C11H14N2/c1-5-12-14-10-7-6-9(13(2,3)4)8-11(10)15-12;1-9-7-10-5-6-11(13(2,3)4)8-12(10)14-9;1-11(2,3)8-4-5-9-10(6-8)13-7-12-9/h6-8H,5H2,1-4H3,(H,14,15);5-6,8,14H,1,7H2,2-4H3;4-7H,1-3H3,(H,12,13). The maximum atomic E-state index is 4.50. The average molecular weight is 564 g/mol. The molecule has 42 heavy (non-hydrogen) atoms. The van der Waals surface area contributed by atoms with E-state index in [4.69, 9.17) is 0 Å². The number of imidazole rings is 2. The van der Waals surface area contributed by atoms with Crippen molar-refractivity contribution in [3.8, 4) is 0 Å². The van der Waals surface area contributed by atoms with E-state index in [1.807, 2.05) is 0 Å². The van der Waals surface area contributed by atoms with Crippen molar-refractivity contribution in [1.82, 2.24) is 19.9 Å². The second kappa shape index (κ2) is 11.8. The Kier molecular flexibility index (Phi) is 8.73. The van der Waals surface area contributed by atoms with Crippen molar-refractivity contribution >= 4 is 27.8 Å². The Hall–Kier alpha value is -3.86. The molecule has 6 rings (SSSR count). The van der Waals surface area contributed by atoms with Gasteiger partial charge in [0.05, 0.1) is 28.4 Å². The highest BCUT2D eigenvalue weighted by Crippen LogP contribution is 2.32. The molecule has 1 aliphatic heterocycles. The van der Waals surface area contributed by atoms with E-state index in [0.717, 1.165) is 46.4 Å². The summed E-state index contributed by atoms with van der Waals surface area (Å²) in [5.74, 6) is 1.07. The number of rotatable bonds is 1. The first-order valence-electron chi connectivity index (χ1n) is 15.1. The molecule has 5 aromatic rings. The van der Waals surface area contributed by atoms with E-state index in [-0.39, 0.29) is 16.2 Å². The maximum absolute atomic E-state index is 4.50. The second-order valence-corrected chi connectivity index (χ2v) is 14.4. The third-order valence-corrected chi connectivity index (χ3v) is 7.71. The molecule has 3 heterocycles. The van der Waals surface area contributed by atoms with Crippen LogP contribution in [0.3, 0.4) is 0 Å². The minimum Gasteiger partial charge on any atom is -0.359 e. The summed E-state index contributed by atoms with van der Waals surface area (Å²) >= 11 is 0. The van der Waals surface area contributed by atoms with E-state index in [2.05, 4.69) is 156 Å². The number of nitrogens with zero attached hydrogens (tertiary/aromatic N) is 2. The smallest absolute Gasteiger partial charge is 0.106 e. The van der Waals surface area contributed by atoms with E-state index < -0.39 is 0 Å². The van der Waals surface area contributed by atoms with Gasteiger partial charge in [-0.1, -0.05) is 100 Å². The van der Waals surface area contributed by atoms with Gasteiger partial charge in [0.1, 0.15) is 5.82 Å². The van der Waals surface area contributed by atoms with Gasteiger partial charge in [-0.3, -0.25) is 0 Å². The van der Waals surface area contributed by atoms with Crippen LogP contribution in [0, 0.1) is 0 Å². The molecule has 0 spiro atoms. The van der Waals surface area contributed by atoms with E-state index in [1.54, 1.807) is 6.33 Å². The van der Waals surface area contributed by atoms with Gasteiger partial charge in [-0.25, -0.2) is 9.97 Å². The lowest BCUT2D eigenvalue weighted by atomic mass is 9.86. The normalized spacial score (nSPS) is 13.2. The number of aryl methyl sites for hydroxylation is 1. The van der Waals surface area contributed by atoms with Crippen molar-refractivity contribution in [1.29, 1.82) is 0 Å². The number of fused-ring (bicyclic) bond motifs is 3. The molecule has 0 atom stereocenters. The number of hydrogen-bond acceptors (Lipinski definition) is 3. The van der Waals surface area contributed by atoms with E-state index >= 15 is 0 Å². The summed E-state index contributed by atoms with van der Waals surface area (Å²) in [5, 5.41) is 3.32. The maximum Gasteiger partial charge on any atom is 0.106 e. The average Bonchev–Trinajstić information content (AvgIpc) is 3.63. The minimum atomic E-state index is 0.200. The SMILES string of the molecule is C=C1Cc2ccc(C(C)(C)C)cc2N1.CC(C)(C)c1ccc2nc[nH]c2c1.CCc1nc2ccc(C(C)(C)C)cc2[nH]1. The molecule has 0 bridgehead atoms. The van der Waals surface area contributed by atoms with E-state index in [0.29, 0.717) is 0 Å². The molecule has 1 aliphatic rings. The molecule has 5 nitrogen and oxygen atoms in total. The van der Waals surface area contributed by atoms with Crippen molar-refractivity contribution in [3.63, 3.8) is 0 Å². The third kappa shape index (κ3) is 7.50. The molecular weight excluding hydrogens is 514 g/mol. The number of nitrogens with one attached hydrogen (secondary N) is 3. The van der Waals surface area contributed by atoms with Crippen molar-refractivity contribution in [2.45, 2.75) is 98.3 Å². The van der Waals surface area contributed by atoms with Gasteiger partial charge in [-0.2, -0.15) is 0 Å². The molecule has 2 aromatic heterocycles. The molecule has 0 radical (unpaired) electrons. The van der Waals surface area contributed by atoms with Crippen LogP contribution in [0.15, 0.2) is 73.2 Å². The van der Waals surface area contributed by atoms with Crippen molar-refractivity contribution in [3.05, 3.63) is 101 Å². The van der Waals surface area contributed by atoms with Gasteiger partial charge in [0.2, 0.25) is 0 Å². The molecule has 3 aromatic carbocycles. The molecule has 0 saturated carbocycles. The van der Waals surface area contributed by atoms with Gasteiger partial charge in [0, 0.05) is 24.2 Å². The molecular formula is C37H49N5. The Morgan fingerprint density at radius 3 is 1.86 bits per heavy atom. The van der Waals surface area contributed by atoms with Gasteiger partial charge in [0.25, 0.3) is 0 Å². The summed E-state index contributed by atoms with van der Waals surface area (Å²) in [4.78, 5) is 15.2. The zero-order chi connectivity index (χ0) is 30.9. The lowest BCUT2D eigenvalue weighted by molar-refractivity contribution is 0.590. The summed E-state index contributed by atoms with van der Waals surface area (Å²) in [5.41, 5.74) is 12.8. The summed E-state index contributed by atoms with van der Waals surface area (Å²) in [7, 11) is 0. The van der Waals surface area contributed by atoms with Crippen LogP contribution in [0.25, 0.3) is 22.1 Å². The molecule has 0 unspecified atom stereocenters. The lowest BCUT2D eigenvalue weighted by Gasteiger charge is -2.19. The van der Waals surface area contributed by atoms with E-state index in [9.17, 15) is 0 Å². The number of anilines is 1. The molecule has 5 heteroatoms. The fourth-order valence-electron chi connectivity index (χ4n) is 4.88. The predicted molar refractivity (Wildman–Crippen MR) is 181 cm³/mol. The zero-order valence-corrected chi connectivity index (χ0v) is 27.3. The molecule has 0 saturated heterocycles. The molecule has 0 aliphatic carbocycles. The molecule has 222 valence electrons. The fourth-order valence-corrected chi connectivity index (χ4v) is 4.88. The number of H-pyrrole nitrogens is 2. The van der Waals surface area contributed by atoms with Crippen LogP contribution in [-0.4, -0.2) is 19.9 Å². The Balaban J connectivity index is 0.000000145. The predicted octanol–water partition coefficient (Wildman–Crippen LogP) is 9.75. The Morgan fingerprint density at radius 2 is 1.26 bits per heavy atom. The largest absolute Gasteiger partial charge is 0.359 e. The number of allylic oxidation sites excluding steroid dienone is 1. The van der Waals surface area contributed by atoms with Gasteiger partial charge < -0.3 is 15.3 Å². The zero-order valence-electron chi connectivity index (χ0n) is 27.3. The van der Waals surface area contributed by atoms with Crippen molar-refractivity contribution in [2.75, 3.05) is 5.32 Å². The molecule has 0 amide bonds. The summed E-state index contributed by atoms with van der Waals surface area (Å²) < 4.78 is 0. The lowest BCUT2D eigenvalue weighted by Crippen LogP contribution is -2.10. The van der Waals surface area contributed by atoms with Crippen molar-refractivity contribution < 1.29 is 0 Å². The summed E-state index contributed by atoms with van der Waals surface area (Å²) in [6.07, 6.45) is 3.66. The van der Waals surface area contributed by atoms with Crippen LogP contribution in [0.2, 0.25) is 0 Å². The summed E-state index contributed by atoms with van der Waals surface area (Å²) in [6, 6.07) is 19.5. The van der Waals surface area contributed by atoms with Crippen LogP contribution in [0.1, 0.15) is 97.3 Å². The molecule has 3 N–H and O–H groups in total. The highest BCUT2D eigenvalue weighted by molar-refractivity contribution is 5.76. The third-order valence-electron chi connectivity index (χ3n) is 7.71. The Morgan fingerprint density at radius 1 is 0.714 bits per heavy atom. The monoisotopic (exact) mass is 563 g/mol. The van der Waals surface area contributed by atoms with Gasteiger partial charge >= 0.3 is 0 Å². The number of aromatic amines is 2. The van der Waals surface area contributed by atoms with Gasteiger partial charge in [0.15, 0.2) is 0 Å². The van der Waals surface area contributed by atoms with E-state index in [1.165, 1.54) is 27.9 Å². The Labute approximate surface area is 252 Å². The number of hydrogen-bond donors (Lipinski definition) is 3. The summed E-state index contributed by atoms with van der Waals surface area (Å²) in [6.45, 7) is 26.1. The topological polar surface area (TPSA) is 69.4 Å². The van der Waals surface area contributed by atoms with Crippen LogP contribution in [0.4, 0.5) is 5.69 Å². The second-order valence-electron chi connectivity index (χ2n) is 14.4. The number of aromatic nitrogens is 4. The van der Waals surface area contributed by atoms with Crippen LogP contribution in [-0.2, 0) is 29.1 Å². The first-order chi connectivity index (χ1) is 19.5. The van der Waals surface area contributed by atoms with Crippen LogP contribution in [0.5, 0.6) is 0 Å². The first-order valence-corrected chi connectivity index (χ1v) is 15.1. The quantitative estimate of drug-likeness (QED) is 0.190. The minimum absolute atomic E-state index is 0.200. The van der Waals surface area contributed by atoms with Gasteiger partial charge in [-0.05, 0) is 68.8 Å². The first kappa shape index (κ1) is 31.1. The highest BCUT2D eigenvalue weighted by atomic mass is 14.9. The van der Waals surface area contributed by atoms with Crippen LogP contribution >= 0.6 is 0 Å². The Bertz CT molecular complexity index is 1680. The fraction of sp³-hybridized carbons (Fsp3) is 0.405. The molecule has 0 fully saturated rings. The van der Waals surface area contributed by atoms with Gasteiger partial charge in [-0.15, -0.1) is 0 Å². The van der Waals surface area contributed by atoms with Crippen LogP contribution < -0.4 is 5.32 Å². The number of benzene rings is 3. The highest BCUT2D eigenvalue weighted by Gasteiger charge is 2.19. The van der Waals surface area contributed by atoms with Crippen molar-refractivity contribution in [2.24, 2.45) is 0 Å².